The second-order valence-corrected chi connectivity index (χ2v) is 5.11. The molecule has 0 aliphatic heterocycles. The molecular weight excluding hydrogens is 304 g/mol. The van der Waals surface area contributed by atoms with Crippen molar-refractivity contribution in [2.45, 2.75) is 19.8 Å². The molecule has 0 aromatic carbocycles. The van der Waals surface area contributed by atoms with E-state index in [1.54, 1.807) is 6.20 Å². The van der Waals surface area contributed by atoms with Gasteiger partial charge in [-0.1, -0.05) is 0 Å². The lowest BCUT2D eigenvalue weighted by Crippen LogP contribution is -2.27. The Hall–Kier alpha value is -3.39. The van der Waals surface area contributed by atoms with E-state index >= 15 is 0 Å². The van der Waals surface area contributed by atoms with Crippen molar-refractivity contribution in [2.24, 2.45) is 0 Å². The van der Waals surface area contributed by atoms with E-state index < -0.39 is 0 Å². The van der Waals surface area contributed by atoms with Gasteiger partial charge in [0.2, 0.25) is 0 Å². The van der Waals surface area contributed by atoms with Crippen molar-refractivity contribution in [3.63, 3.8) is 0 Å². The molecule has 2 rings (SSSR count). The van der Waals surface area contributed by atoms with Gasteiger partial charge in [0.05, 0.1) is 25.0 Å². The van der Waals surface area contributed by atoms with E-state index in [0.29, 0.717) is 49.1 Å². The van der Waals surface area contributed by atoms with Gasteiger partial charge >= 0.3 is 0 Å². The molecule has 0 saturated carbocycles. The number of nitrogens with one attached hydrogen (secondary N) is 1. The highest BCUT2D eigenvalue weighted by atomic mass is 15.2. The molecule has 24 heavy (non-hydrogen) atoms. The molecule has 0 radical (unpaired) electrons. The number of hydrogen-bond acceptors (Lipinski definition) is 8. The molecule has 0 bridgehead atoms. The monoisotopic (exact) mass is 322 g/mol. The maximum Gasteiger partial charge on any atom is 0.160 e. The summed E-state index contributed by atoms with van der Waals surface area (Å²) in [5.74, 6) is 1.58. The molecule has 0 unspecified atom stereocenters. The number of aryl methyl sites for hydroxylation is 1. The van der Waals surface area contributed by atoms with Gasteiger partial charge in [-0.05, 0) is 24.6 Å². The number of pyridine rings is 1. The SMILES string of the molecule is Cc1ccnc(Nc2ncnc(N(CCC#N)CCC#N)c2N)c1. The molecule has 0 atom stereocenters. The maximum atomic E-state index is 8.81. The second kappa shape index (κ2) is 8.30. The van der Waals surface area contributed by atoms with Crippen LogP contribution >= 0.6 is 0 Å². The predicted octanol–water partition coefficient (Wildman–Crippen LogP) is 2.14. The summed E-state index contributed by atoms with van der Waals surface area (Å²) in [7, 11) is 0. The summed E-state index contributed by atoms with van der Waals surface area (Å²) in [5.41, 5.74) is 7.61. The van der Waals surface area contributed by atoms with Crippen LogP contribution in [0, 0.1) is 29.6 Å². The van der Waals surface area contributed by atoms with Gasteiger partial charge in [-0.2, -0.15) is 10.5 Å². The molecule has 2 aromatic heterocycles. The molecule has 3 N–H and O–H groups in total. The summed E-state index contributed by atoms with van der Waals surface area (Å²) in [5, 5.41) is 20.7. The first-order valence-electron chi connectivity index (χ1n) is 7.44. The Labute approximate surface area is 140 Å². The van der Waals surface area contributed by atoms with Crippen molar-refractivity contribution in [2.75, 3.05) is 29.0 Å². The van der Waals surface area contributed by atoms with E-state index in [1.165, 1.54) is 6.33 Å². The molecule has 122 valence electrons. The van der Waals surface area contributed by atoms with Crippen LogP contribution in [-0.4, -0.2) is 28.0 Å². The van der Waals surface area contributed by atoms with Crippen molar-refractivity contribution in [3.05, 3.63) is 30.2 Å². The van der Waals surface area contributed by atoms with Crippen molar-refractivity contribution >= 4 is 23.1 Å². The Balaban J connectivity index is 2.27. The van der Waals surface area contributed by atoms with Gasteiger partial charge in [-0.25, -0.2) is 15.0 Å². The van der Waals surface area contributed by atoms with Crippen LogP contribution in [0.3, 0.4) is 0 Å². The first-order chi connectivity index (χ1) is 11.7. The highest BCUT2D eigenvalue weighted by Gasteiger charge is 2.15. The van der Waals surface area contributed by atoms with Gasteiger partial charge in [0, 0.05) is 19.3 Å². The van der Waals surface area contributed by atoms with E-state index in [2.05, 4.69) is 32.4 Å². The number of nitrogens with zero attached hydrogens (tertiary/aromatic N) is 6. The van der Waals surface area contributed by atoms with E-state index in [-0.39, 0.29) is 0 Å². The molecule has 8 nitrogen and oxygen atoms in total. The average Bonchev–Trinajstić information content (AvgIpc) is 2.57. The van der Waals surface area contributed by atoms with Crippen LogP contribution in [0.25, 0.3) is 0 Å². The van der Waals surface area contributed by atoms with Crippen LogP contribution < -0.4 is 16.0 Å². The lowest BCUT2D eigenvalue weighted by Gasteiger charge is -2.23. The number of rotatable bonds is 7. The topological polar surface area (TPSA) is 128 Å². The summed E-state index contributed by atoms with van der Waals surface area (Å²) in [6.45, 7) is 2.86. The zero-order valence-corrected chi connectivity index (χ0v) is 13.4. The fraction of sp³-hybridized carbons (Fsp3) is 0.312. The Morgan fingerprint density at radius 3 is 2.50 bits per heavy atom. The standard InChI is InChI=1S/C16H18N8/c1-12-4-7-20-13(10-12)23-15-14(19)16(22-11-21-15)24(8-2-5-17)9-3-6-18/h4,7,10-11H,2-3,8-9,19H2,1H3,(H,20,21,22,23). The van der Waals surface area contributed by atoms with Crippen molar-refractivity contribution in [1.29, 1.82) is 10.5 Å². The molecule has 8 heteroatoms. The summed E-state index contributed by atoms with van der Waals surface area (Å²) in [6, 6.07) is 7.95. The molecular formula is C16H18N8. The molecule has 2 aromatic rings. The molecule has 0 saturated heterocycles. The minimum absolute atomic E-state index is 0.317. The highest BCUT2D eigenvalue weighted by Crippen LogP contribution is 2.28. The van der Waals surface area contributed by atoms with E-state index in [9.17, 15) is 0 Å². The van der Waals surface area contributed by atoms with E-state index in [1.807, 2.05) is 24.0 Å². The lowest BCUT2D eigenvalue weighted by atomic mass is 10.3. The largest absolute Gasteiger partial charge is 0.393 e. The van der Waals surface area contributed by atoms with Crippen LogP contribution in [0.5, 0.6) is 0 Å². The first kappa shape index (κ1) is 17.0. The Morgan fingerprint density at radius 1 is 1.17 bits per heavy atom. The van der Waals surface area contributed by atoms with Crippen LogP contribution in [0.15, 0.2) is 24.7 Å². The van der Waals surface area contributed by atoms with Crippen LogP contribution in [-0.2, 0) is 0 Å². The molecule has 0 aliphatic rings. The number of aromatic nitrogens is 3. The van der Waals surface area contributed by atoms with Gasteiger partial charge in [-0.3, -0.25) is 0 Å². The fourth-order valence-corrected chi connectivity index (χ4v) is 2.16. The van der Waals surface area contributed by atoms with Crippen LogP contribution in [0.2, 0.25) is 0 Å². The van der Waals surface area contributed by atoms with Crippen molar-refractivity contribution in [1.82, 2.24) is 15.0 Å². The minimum Gasteiger partial charge on any atom is -0.393 e. The number of anilines is 4. The summed E-state index contributed by atoms with van der Waals surface area (Å²) < 4.78 is 0. The molecule has 0 aliphatic carbocycles. The zero-order valence-electron chi connectivity index (χ0n) is 13.4. The van der Waals surface area contributed by atoms with Gasteiger partial charge < -0.3 is 16.0 Å². The lowest BCUT2D eigenvalue weighted by molar-refractivity contribution is 0.782. The molecule has 0 amide bonds. The predicted molar refractivity (Wildman–Crippen MR) is 91.4 cm³/mol. The smallest absolute Gasteiger partial charge is 0.160 e. The molecule has 0 fully saturated rings. The van der Waals surface area contributed by atoms with Crippen molar-refractivity contribution < 1.29 is 0 Å². The Kier molecular flexibility index (Phi) is 5.87. The summed E-state index contributed by atoms with van der Waals surface area (Å²) in [6.07, 6.45) is 3.73. The molecule has 2 heterocycles. The third-order valence-electron chi connectivity index (χ3n) is 3.31. The quantitative estimate of drug-likeness (QED) is 0.793. The number of nitrogen functional groups attached to an aromatic ring is 1. The van der Waals surface area contributed by atoms with Gasteiger partial charge in [0.25, 0.3) is 0 Å². The summed E-state index contributed by atoms with van der Waals surface area (Å²) in [4.78, 5) is 14.4. The first-order valence-corrected chi connectivity index (χ1v) is 7.44. The van der Waals surface area contributed by atoms with Gasteiger partial charge in [0.1, 0.15) is 17.8 Å². The minimum atomic E-state index is 0.317. The highest BCUT2D eigenvalue weighted by molar-refractivity contribution is 5.77. The second-order valence-electron chi connectivity index (χ2n) is 5.11. The number of hydrogen-bond donors (Lipinski definition) is 2. The fourth-order valence-electron chi connectivity index (χ4n) is 2.16. The molecule has 0 spiro atoms. The van der Waals surface area contributed by atoms with Crippen molar-refractivity contribution in [3.8, 4) is 12.1 Å². The third kappa shape index (κ3) is 4.31. The van der Waals surface area contributed by atoms with Gasteiger partial charge in [0.15, 0.2) is 11.6 Å². The van der Waals surface area contributed by atoms with Gasteiger partial charge in [-0.15, -0.1) is 0 Å². The van der Waals surface area contributed by atoms with E-state index in [4.69, 9.17) is 16.3 Å². The zero-order chi connectivity index (χ0) is 17.4. The number of nitrogens with two attached hydrogens (primary N) is 1. The maximum absolute atomic E-state index is 8.81. The van der Waals surface area contributed by atoms with Crippen LogP contribution in [0.4, 0.5) is 23.1 Å². The number of nitriles is 2. The third-order valence-corrected chi connectivity index (χ3v) is 3.31. The normalized spacial score (nSPS) is 9.79. The van der Waals surface area contributed by atoms with E-state index in [0.717, 1.165) is 5.56 Å². The van der Waals surface area contributed by atoms with Crippen LogP contribution in [0.1, 0.15) is 18.4 Å². The summed E-state index contributed by atoms with van der Waals surface area (Å²) >= 11 is 0. The Morgan fingerprint density at radius 2 is 1.88 bits per heavy atom. The average molecular weight is 322 g/mol. The Bertz CT molecular complexity index is 756.